The van der Waals surface area contributed by atoms with Crippen molar-refractivity contribution in [2.24, 2.45) is 0 Å². The van der Waals surface area contributed by atoms with Crippen molar-refractivity contribution in [3.8, 4) is 17.5 Å². The highest BCUT2D eigenvalue weighted by atomic mass is 14.9. The van der Waals surface area contributed by atoms with Gasteiger partial charge >= 0.3 is 0 Å². The maximum atomic E-state index is 8.83. The average Bonchev–Trinajstić information content (AvgIpc) is 2.71. The molecule has 2 aromatic rings. The van der Waals surface area contributed by atoms with Crippen molar-refractivity contribution < 1.29 is 0 Å². The molecule has 0 saturated heterocycles. The van der Waals surface area contributed by atoms with Gasteiger partial charge in [0.05, 0.1) is 5.69 Å². The Morgan fingerprint density at radius 2 is 2.00 bits per heavy atom. The zero-order chi connectivity index (χ0) is 11.5. The maximum Gasteiger partial charge on any atom is 0.161 e. The number of rotatable bonds is 2. The van der Waals surface area contributed by atoms with Crippen LogP contribution in [0.15, 0.2) is 24.3 Å². The molecule has 0 amide bonds. The van der Waals surface area contributed by atoms with Crippen LogP contribution >= 0.6 is 0 Å². The molecule has 0 fully saturated rings. The number of hydrogen-bond acceptors (Lipinski definition) is 2. The summed E-state index contributed by atoms with van der Waals surface area (Å²) in [6.07, 6.45) is 1.03. The van der Waals surface area contributed by atoms with E-state index in [0.29, 0.717) is 5.69 Å². The summed E-state index contributed by atoms with van der Waals surface area (Å²) < 4.78 is 0. The molecule has 3 nitrogen and oxygen atoms in total. The van der Waals surface area contributed by atoms with Gasteiger partial charge in [0.1, 0.15) is 11.9 Å². The number of benzene rings is 1. The Morgan fingerprint density at radius 1 is 1.31 bits per heavy atom. The zero-order valence-corrected chi connectivity index (χ0v) is 9.41. The lowest BCUT2D eigenvalue weighted by Crippen LogP contribution is -1.83. The van der Waals surface area contributed by atoms with E-state index in [-0.39, 0.29) is 0 Å². The summed E-state index contributed by atoms with van der Waals surface area (Å²) >= 11 is 0. The first-order valence-corrected chi connectivity index (χ1v) is 5.30. The fraction of sp³-hybridized carbons (Fsp3) is 0.231. The highest BCUT2D eigenvalue weighted by Gasteiger charge is 2.07. The predicted octanol–water partition coefficient (Wildman–Crippen LogP) is 2.82. The third-order valence-electron chi connectivity index (χ3n) is 2.63. The summed E-state index contributed by atoms with van der Waals surface area (Å²) in [5.74, 6) is 0.761. The second-order valence-corrected chi connectivity index (χ2v) is 3.72. The number of hydrogen-bond donors (Lipinski definition) is 1. The van der Waals surface area contributed by atoms with Crippen LogP contribution in [0, 0.1) is 18.3 Å². The fourth-order valence-corrected chi connectivity index (χ4v) is 1.60. The molecule has 0 saturated carbocycles. The predicted molar refractivity (Wildman–Crippen MR) is 62.9 cm³/mol. The lowest BCUT2D eigenvalue weighted by atomic mass is 10.1. The van der Waals surface area contributed by atoms with Crippen LogP contribution in [-0.4, -0.2) is 9.97 Å². The molecule has 3 heteroatoms. The van der Waals surface area contributed by atoms with Crippen molar-refractivity contribution in [1.29, 1.82) is 5.26 Å². The molecule has 0 aliphatic carbocycles. The van der Waals surface area contributed by atoms with Gasteiger partial charge in [0.25, 0.3) is 0 Å². The minimum Gasteiger partial charge on any atom is -0.341 e. The molecular formula is C13H13N3. The van der Waals surface area contributed by atoms with E-state index >= 15 is 0 Å². The van der Waals surface area contributed by atoms with E-state index in [1.165, 1.54) is 5.56 Å². The second-order valence-electron chi connectivity index (χ2n) is 3.72. The number of aromatic amines is 1. The number of imidazole rings is 1. The first kappa shape index (κ1) is 10.4. The summed E-state index contributed by atoms with van der Waals surface area (Å²) in [6.45, 7) is 3.98. The van der Waals surface area contributed by atoms with E-state index in [1.807, 2.05) is 19.1 Å². The van der Waals surface area contributed by atoms with Crippen molar-refractivity contribution in [3.63, 3.8) is 0 Å². The Balaban J connectivity index is 2.39. The van der Waals surface area contributed by atoms with Gasteiger partial charge in [-0.25, -0.2) is 4.98 Å². The van der Waals surface area contributed by atoms with Crippen LogP contribution in [0.25, 0.3) is 11.4 Å². The van der Waals surface area contributed by atoms with Crippen LogP contribution < -0.4 is 0 Å². The first-order chi connectivity index (χ1) is 7.74. The van der Waals surface area contributed by atoms with Crippen LogP contribution in [0.4, 0.5) is 0 Å². The van der Waals surface area contributed by atoms with Gasteiger partial charge < -0.3 is 4.98 Å². The van der Waals surface area contributed by atoms with E-state index in [9.17, 15) is 0 Å². The van der Waals surface area contributed by atoms with E-state index < -0.39 is 0 Å². The highest BCUT2D eigenvalue weighted by Crippen LogP contribution is 2.18. The molecular weight excluding hydrogens is 198 g/mol. The van der Waals surface area contributed by atoms with Crippen LogP contribution in [0.1, 0.15) is 23.9 Å². The largest absolute Gasteiger partial charge is 0.341 e. The van der Waals surface area contributed by atoms with E-state index in [4.69, 9.17) is 5.26 Å². The van der Waals surface area contributed by atoms with Crippen LogP contribution in [-0.2, 0) is 6.42 Å². The van der Waals surface area contributed by atoms with Gasteiger partial charge in [0.2, 0.25) is 0 Å². The topological polar surface area (TPSA) is 52.5 Å². The maximum absolute atomic E-state index is 8.83. The Kier molecular flexibility index (Phi) is 2.74. The summed E-state index contributed by atoms with van der Waals surface area (Å²) in [7, 11) is 0. The number of aromatic nitrogens is 2. The molecule has 0 aliphatic heterocycles. The average molecular weight is 211 g/mol. The third kappa shape index (κ3) is 1.82. The van der Waals surface area contributed by atoms with Gasteiger partial charge in [-0.05, 0) is 18.9 Å². The Morgan fingerprint density at radius 3 is 2.50 bits per heavy atom. The number of nitriles is 1. The molecule has 1 heterocycles. The van der Waals surface area contributed by atoms with E-state index in [1.54, 1.807) is 0 Å². The Hall–Kier alpha value is -2.08. The zero-order valence-electron chi connectivity index (χ0n) is 9.41. The first-order valence-electron chi connectivity index (χ1n) is 5.30. The monoisotopic (exact) mass is 211 g/mol. The standard InChI is InChI=1S/C13H13N3/c1-3-10-4-6-11(7-5-10)13-15-9(2)12(8-14)16-13/h4-7H,3H2,1-2H3,(H,15,16). The van der Waals surface area contributed by atoms with Crippen LogP contribution in [0.3, 0.4) is 0 Å². The summed E-state index contributed by atoms with van der Waals surface area (Å²) in [5.41, 5.74) is 3.60. The lowest BCUT2D eigenvalue weighted by molar-refractivity contribution is 1.14. The van der Waals surface area contributed by atoms with Crippen molar-refractivity contribution >= 4 is 0 Å². The molecule has 2 rings (SSSR count). The Bertz CT molecular complexity index is 529. The van der Waals surface area contributed by atoms with Crippen LogP contribution in [0.2, 0.25) is 0 Å². The minimum atomic E-state index is 0.467. The molecule has 80 valence electrons. The molecule has 1 N–H and O–H groups in total. The Labute approximate surface area is 94.8 Å². The van der Waals surface area contributed by atoms with Crippen molar-refractivity contribution in [1.82, 2.24) is 9.97 Å². The highest BCUT2D eigenvalue weighted by molar-refractivity contribution is 5.57. The quantitative estimate of drug-likeness (QED) is 0.830. The smallest absolute Gasteiger partial charge is 0.161 e. The van der Waals surface area contributed by atoms with E-state index in [2.05, 4.69) is 35.1 Å². The molecule has 0 radical (unpaired) electrons. The third-order valence-corrected chi connectivity index (χ3v) is 2.63. The van der Waals surface area contributed by atoms with Crippen molar-refractivity contribution in [2.45, 2.75) is 20.3 Å². The van der Waals surface area contributed by atoms with Gasteiger partial charge in [0.15, 0.2) is 5.69 Å². The number of aryl methyl sites for hydroxylation is 2. The minimum absolute atomic E-state index is 0.467. The van der Waals surface area contributed by atoms with Crippen molar-refractivity contribution in [3.05, 3.63) is 41.2 Å². The molecule has 0 aliphatic rings. The number of H-pyrrole nitrogens is 1. The second kappa shape index (κ2) is 4.19. The van der Waals surface area contributed by atoms with Gasteiger partial charge in [-0.3, -0.25) is 0 Å². The number of nitrogens with zero attached hydrogens (tertiary/aromatic N) is 2. The summed E-state index contributed by atoms with van der Waals surface area (Å²) in [6, 6.07) is 10.3. The van der Waals surface area contributed by atoms with Gasteiger partial charge in [-0.2, -0.15) is 5.26 Å². The van der Waals surface area contributed by atoms with Crippen molar-refractivity contribution in [2.75, 3.05) is 0 Å². The normalized spacial score (nSPS) is 10.1. The molecule has 1 aromatic carbocycles. The van der Waals surface area contributed by atoms with E-state index in [0.717, 1.165) is 23.5 Å². The molecule has 0 atom stereocenters. The van der Waals surface area contributed by atoms with Gasteiger partial charge in [-0.15, -0.1) is 0 Å². The summed E-state index contributed by atoms with van der Waals surface area (Å²) in [4.78, 5) is 7.35. The number of nitrogens with one attached hydrogen (secondary N) is 1. The van der Waals surface area contributed by atoms with Gasteiger partial charge in [-0.1, -0.05) is 31.2 Å². The summed E-state index contributed by atoms with van der Waals surface area (Å²) in [5, 5.41) is 8.83. The van der Waals surface area contributed by atoms with Gasteiger partial charge in [0, 0.05) is 5.56 Å². The fourth-order valence-electron chi connectivity index (χ4n) is 1.60. The SMILES string of the molecule is CCc1ccc(-c2nc(C#N)c(C)[nH]2)cc1. The molecule has 1 aromatic heterocycles. The molecule has 0 unspecified atom stereocenters. The molecule has 16 heavy (non-hydrogen) atoms. The molecule has 0 bridgehead atoms. The molecule has 0 spiro atoms. The lowest BCUT2D eigenvalue weighted by Gasteiger charge is -1.98. The van der Waals surface area contributed by atoms with Crippen LogP contribution in [0.5, 0.6) is 0 Å².